The Morgan fingerprint density at radius 2 is 1.63 bits per heavy atom. The maximum atomic E-state index is 13.2. The van der Waals surface area contributed by atoms with Gasteiger partial charge in [-0.05, 0) is 66.9 Å². The molecule has 3 aromatic carbocycles. The lowest BCUT2D eigenvalue weighted by Gasteiger charge is -2.33. The number of hydrogen-bond donors (Lipinski definition) is 1. The van der Waals surface area contributed by atoms with Crippen LogP contribution in [-0.4, -0.2) is 38.7 Å². The summed E-state index contributed by atoms with van der Waals surface area (Å²) in [5.41, 5.74) is 4.22. The van der Waals surface area contributed by atoms with Crippen molar-refractivity contribution in [2.45, 2.75) is 25.4 Å². The Hall–Kier alpha value is -3.52. The molecule has 192 valence electrons. The van der Waals surface area contributed by atoms with E-state index in [0.29, 0.717) is 27.6 Å². The fraction of sp³-hybridized carbons (Fsp3) is 0.207. The van der Waals surface area contributed by atoms with Crippen LogP contribution in [0.1, 0.15) is 18.4 Å². The molecule has 3 heterocycles. The van der Waals surface area contributed by atoms with Gasteiger partial charge in [0.1, 0.15) is 18.0 Å². The van der Waals surface area contributed by atoms with Gasteiger partial charge in [-0.1, -0.05) is 47.5 Å². The van der Waals surface area contributed by atoms with Crippen LogP contribution in [0.5, 0.6) is 0 Å². The van der Waals surface area contributed by atoms with Crippen molar-refractivity contribution in [2.24, 2.45) is 0 Å². The number of hydrogen-bond acceptors (Lipinski definition) is 5. The van der Waals surface area contributed by atoms with E-state index in [4.69, 9.17) is 28.2 Å². The van der Waals surface area contributed by atoms with Crippen molar-refractivity contribution >= 4 is 40.2 Å². The average molecular weight is 547 g/mol. The molecule has 9 heteroatoms. The summed E-state index contributed by atoms with van der Waals surface area (Å²) in [5.74, 6) is 1.30. The monoisotopic (exact) mass is 546 g/mol. The van der Waals surface area contributed by atoms with E-state index in [2.05, 4.69) is 20.2 Å². The second-order valence-corrected chi connectivity index (χ2v) is 10.2. The number of nitrogens with one attached hydrogen (secondary N) is 1. The molecule has 6 rings (SSSR count). The third-order valence-corrected chi connectivity index (χ3v) is 7.51. The van der Waals surface area contributed by atoms with Crippen molar-refractivity contribution in [3.63, 3.8) is 0 Å². The Bertz CT molecular complexity index is 1560. The second-order valence-electron chi connectivity index (χ2n) is 9.37. The minimum absolute atomic E-state index is 0.213. The molecule has 0 atom stereocenters. The molecule has 6 nitrogen and oxygen atoms in total. The van der Waals surface area contributed by atoms with Gasteiger partial charge in [-0.25, -0.2) is 19.3 Å². The molecule has 0 aliphatic carbocycles. The van der Waals surface area contributed by atoms with Crippen molar-refractivity contribution in [1.29, 1.82) is 0 Å². The Balaban J connectivity index is 1.30. The molecule has 5 aromatic rings. The number of fused-ring (bicyclic) bond motifs is 1. The first-order valence-corrected chi connectivity index (χ1v) is 13.3. The highest BCUT2D eigenvalue weighted by Gasteiger charge is 2.25. The summed E-state index contributed by atoms with van der Waals surface area (Å²) < 4.78 is 15.2. The number of aromatic nitrogens is 4. The van der Waals surface area contributed by atoms with Gasteiger partial charge in [0.15, 0.2) is 17.0 Å². The van der Waals surface area contributed by atoms with E-state index in [1.165, 1.54) is 12.1 Å². The first kappa shape index (κ1) is 24.8. The number of nitrogens with zero attached hydrogens (tertiary/aromatic N) is 5. The molecule has 1 aliphatic rings. The fourth-order valence-corrected chi connectivity index (χ4v) is 5.28. The molecule has 0 spiro atoms. The summed E-state index contributed by atoms with van der Waals surface area (Å²) in [7, 11) is 0. The third kappa shape index (κ3) is 4.97. The molecule has 0 radical (unpaired) electrons. The van der Waals surface area contributed by atoms with Gasteiger partial charge in [-0.15, -0.1) is 0 Å². The van der Waals surface area contributed by atoms with Crippen molar-refractivity contribution in [1.82, 2.24) is 24.8 Å². The van der Waals surface area contributed by atoms with Gasteiger partial charge in [-0.3, -0.25) is 4.57 Å². The molecular formula is C29H25Cl2FN6. The summed E-state index contributed by atoms with van der Waals surface area (Å²) in [6.45, 7) is 2.39. The molecule has 0 saturated carbocycles. The predicted octanol–water partition coefficient (Wildman–Crippen LogP) is 6.69. The minimum atomic E-state index is -0.213. The number of halogens is 3. The zero-order valence-corrected chi connectivity index (χ0v) is 22.0. The summed E-state index contributed by atoms with van der Waals surface area (Å²) in [4.78, 5) is 16.6. The average Bonchev–Trinajstić information content (AvgIpc) is 3.33. The lowest BCUT2D eigenvalue weighted by atomic mass is 10.0. The van der Waals surface area contributed by atoms with E-state index in [0.717, 1.165) is 60.6 Å². The van der Waals surface area contributed by atoms with E-state index in [1.807, 2.05) is 65.2 Å². The van der Waals surface area contributed by atoms with Gasteiger partial charge in [0.25, 0.3) is 0 Å². The number of imidazole rings is 1. The lowest BCUT2D eigenvalue weighted by Crippen LogP contribution is -2.42. The highest BCUT2D eigenvalue weighted by molar-refractivity contribution is 6.33. The molecule has 0 unspecified atom stereocenters. The molecule has 0 bridgehead atoms. The Labute approximate surface area is 230 Å². The molecule has 1 saturated heterocycles. The van der Waals surface area contributed by atoms with Crippen LogP contribution in [0, 0.1) is 5.82 Å². The van der Waals surface area contributed by atoms with Gasteiger partial charge in [0.05, 0.1) is 5.02 Å². The topological polar surface area (TPSA) is 58.9 Å². The van der Waals surface area contributed by atoms with Crippen molar-refractivity contribution in [3.05, 3.63) is 101 Å². The minimum Gasteiger partial charge on any atom is -0.355 e. The van der Waals surface area contributed by atoms with Crippen LogP contribution in [0.25, 0.3) is 28.2 Å². The van der Waals surface area contributed by atoms with Gasteiger partial charge >= 0.3 is 0 Å². The zero-order chi connectivity index (χ0) is 26.1. The first-order valence-electron chi connectivity index (χ1n) is 12.5. The molecule has 1 aliphatic heterocycles. The molecule has 1 N–H and O–H groups in total. The number of piperidine rings is 1. The van der Waals surface area contributed by atoms with E-state index >= 15 is 0 Å². The summed E-state index contributed by atoms with van der Waals surface area (Å²) in [6.07, 6.45) is 3.52. The predicted molar refractivity (Wildman–Crippen MR) is 151 cm³/mol. The van der Waals surface area contributed by atoms with Crippen LogP contribution in [-0.2, 0) is 6.54 Å². The van der Waals surface area contributed by atoms with Crippen LogP contribution < -0.4 is 10.2 Å². The molecule has 38 heavy (non-hydrogen) atoms. The van der Waals surface area contributed by atoms with Gasteiger partial charge < -0.3 is 10.2 Å². The lowest BCUT2D eigenvalue weighted by molar-refractivity contribution is 0.413. The van der Waals surface area contributed by atoms with Gasteiger partial charge in [0.2, 0.25) is 0 Å². The largest absolute Gasteiger partial charge is 0.355 e. The molecule has 0 amide bonds. The Morgan fingerprint density at radius 3 is 2.37 bits per heavy atom. The highest BCUT2D eigenvalue weighted by atomic mass is 35.5. The van der Waals surface area contributed by atoms with E-state index < -0.39 is 0 Å². The number of rotatable bonds is 6. The maximum Gasteiger partial charge on any atom is 0.170 e. The summed E-state index contributed by atoms with van der Waals surface area (Å²) in [5, 5.41) is 4.87. The molecular weight excluding hydrogens is 522 g/mol. The van der Waals surface area contributed by atoms with E-state index in [9.17, 15) is 4.39 Å². The van der Waals surface area contributed by atoms with Crippen LogP contribution >= 0.6 is 23.2 Å². The SMILES string of the molecule is Fc1ccc(CNC2CCN(c3ncnc4c3nc(-c3ccccc3Cl)n4-c3ccc(Cl)cc3)CC2)cc1. The zero-order valence-electron chi connectivity index (χ0n) is 20.5. The van der Waals surface area contributed by atoms with Gasteiger partial charge in [0, 0.05) is 41.9 Å². The second kappa shape index (κ2) is 10.7. The normalized spacial score (nSPS) is 14.3. The fourth-order valence-electron chi connectivity index (χ4n) is 4.93. The highest BCUT2D eigenvalue weighted by Crippen LogP contribution is 2.35. The van der Waals surface area contributed by atoms with Crippen LogP contribution in [0.2, 0.25) is 10.0 Å². The molecule has 2 aromatic heterocycles. The standard InChI is InChI=1S/C29H25Cl2FN6/c30-20-7-11-23(12-8-20)38-27(24-3-1-2-4-25(24)31)36-26-28(34-18-35-29(26)38)37-15-13-22(14-16-37)33-17-19-5-9-21(32)10-6-19/h1-12,18,22,33H,13-17H2. The van der Waals surface area contributed by atoms with Gasteiger partial charge in [-0.2, -0.15) is 0 Å². The van der Waals surface area contributed by atoms with Crippen LogP contribution in [0.15, 0.2) is 79.1 Å². The number of benzene rings is 3. The van der Waals surface area contributed by atoms with Crippen molar-refractivity contribution in [3.8, 4) is 17.1 Å². The van der Waals surface area contributed by atoms with E-state index in [-0.39, 0.29) is 5.82 Å². The quantitative estimate of drug-likeness (QED) is 0.257. The third-order valence-electron chi connectivity index (χ3n) is 6.93. The molecule has 1 fully saturated rings. The Kier molecular flexibility index (Phi) is 6.98. The number of anilines is 1. The van der Waals surface area contributed by atoms with Crippen LogP contribution in [0.3, 0.4) is 0 Å². The first-order chi connectivity index (χ1) is 18.6. The summed E-state index contributed by atoms with van der Waals surface area (Å²) >= 11 is 12.8. The van der Waals surface area contributed by atoms with Crippen LogP contribution in [0.4, 0.5) is 10.2 Å². The maximum absolute atomic E-state index is 13.2. The van der Waals surface area contributed by atoms with E-state index in [1.54, 1.807) is 6.33 Å². The summed E-state index contributed by atoms with van der Waals surface area (Å²) in [6, 6.07) is 22.3. The Morgan fingerprint density at radius 1 is 0.895 bits per heavy atom. The smallest absolute Gasteiger partial charge is 0.170 e. The van der Waals surface area contributed by atoms with Crippen molar-refractivity contribution in [2.75, 3.05) is 18.0 Å². The van der Waals surface area contributed by atoms with Crippen molar-refractivity contribution < 1.29 is 4.39 Å².